The van der Waals surface area contributed by atoms with E-state index in [1.807, 2.05) is 13.8 Å². The van der Waals surface area contributed by atoms with Crippen LogP contribution in [0.2, 0.25) is 0 Å². The maximum atomic E-state index is 12.7. The molecule has 1 N–H and O–H groups in total. The number of hydrogen-bond donors (Lipinski definition) is 1. The summed E-state index contributed by atoms with van der Waals surface area (Å²) in [6.07, 6.45) is 1.54. The zero-order chi connectivity index (χ0) is 15.5. The van der Waals surface area contributed by atoms with Gasteiger partial charge in [-0.1, -0.05) is 6.92 Å². The van der Waals surface area contributed by atoms with E-state index >= 15 is 0 Å². The molecule has 0 atom stereocenters. The van der Waals surface area contributed by atoms with Crippen molar-refractivity contribution >= 4 is 21.4 Å². The summed E-state index contributed by atoms with van der Waals surface area (Å²) in [5.74, 6) is 0. The van der Waals surface area contributed by atoms with E-state index in [2.05, 4.69) is 5.32 Å². The van der Waals surface area contributed by atoms with Crippen LogP contribution in [0.15, 0.2) is 10.3 Å². The fraction of sp³-hybridized carbons (Fsp3) is 0.714. The molecule has 0 amide bonds. The quantitative estimate of drug-likeness (QED) is 0.865. The molecule has 2 heterocycles. The Bertz CT molecular complexity index is 563. The lowest BCUT2D eigenvalue weighted by atomic mass is 10.1. The molecule has 120 valence electrons. The molecule has 7 heteroatoms. The monoisotopic (exact) mass is 332 g/mol. The molecule has 0 spiro atoms. The SMILES string of the molecule is CCNCc1sc(S(=O)(=O)N(C)C2CCOCC2)cc1C. The average Bonchev–Trinajstić information content (AvgIpc) is 2.87. The first-order valence-electron chi connectivity index (χ1n) is 7.32. The minimum atomic E-state index is -3.40. The first-order valence-corrected chi connectivity index (χ1v) is 9.58. The Morgan fingerprint density at radius 3 is 2.71 bits per heavy atom. The normalized spacial score (nSPS) is 17.5. The molecule has 1 aliphatic rings. The summed E-state index contributed by atoms with van der Waals surface area (Å²) in [6.45, 7) is 6.89. The molecule has 0 bridgehead atoms. The highest BCUT2D eigenvalue weighted by Crippen LogP contribution is 2.30. The van der Waals surface area contributed by atoms with Crippen LogP contribution in [0.1, 0.15) is 30.2 Å². The zero-order valence-electron chi connectivity index (χ0n) is 12.9. The van der Waals surface area contributed by atoms with Crippen LogP contribution in [-0.2, 0) is 21.3 Å². The van der Waals surface area contributed by atoms with Gasteiger partial charge in [-0.3, -0.25) is 0 Å². The third-order valence-corrected chi connectivity index (χ3v) is 7.47. The van der Waals surface area contributed by atoms with Gasteiger partial charge in [0.15, 0.2) is 0 Å². The van der Waals surface area contributed by atoms with Crippen LogP contribution < -0.4 is 5.32 Å². The predicted octanol–water partition coefficient (Wildman–Crippen LogP) is 1.97. The van der Waals surface area contributed by atoms with Crippen LogP contribution in [0.3, 0.4) is 0 Å². The molecule has 0 aromatic carbocycles. The van der Waals surface area contributed by atoms with E-state index in [4.69, 9.17) is 4.74 Å². The summed E-state index contributed by atoms with van der Waals surface area (Å²) in [5, 5.41) is 3.25. The Labute approximate surface area is 131 Å². The van der Waals surface area contributed by atoms with Gasteiger partial charge in [0.2, 0.25) is 0 Å². The number of nitrogens with one attached hydrogen (secondary N) is 1. The second-order valence-electron chi connectivity index (χ2n) is 5.32. The molecular formula is C14H24N2O3S2. The van der Waals surface area contributed by atoms with E-state index in [9.17, 15) is 8.42 Å². The summed E-state index contributed by atoms with van der Waals surface area (Å²) < 4.78 is 32.8. The fourth-order valence-corrected chi connectivity index (χ4v) is 5.58. The van der Waals surface area contributed by atoms with E-state index in [1.54, 1.807) is 13.1 Å². The number of thiophene rings is 1. The lowest BCUT2D eigenvalue weighted by molar-refractivity contribution is 0.0632. The second-order valence-corrected chi connectivity index (χ2v) is 8.68. The second kappa shape index (κ2) is 7.19. The van der Waals surface area contributed by atoms with Crippen LogP contribution in [0, 0.1) is 6.92 Å². The summed E-state index contributed by atoms with van der Waals surface area (Å²) in [6, 6.07) is 1.84. The number of ether oxygens (including phenoxy) is 1. The van der Waals surface area contributed by atoms with Crippen molar-refractivity contribution in [1.29, 1.82) is 0 Å². The Kier molecular flexibility index (Phi) is 5.79. The third kappa shape index (κ3) is 3.84. The summed E-state index contributed by atoms with van der Waals surface area (Å²) in [7, 11) is -1.71. The standard InChI is InChI=1S/C14H24N2O3S2/c1-4-15-10-13-11(2)9-14(20-13)21(17,18)16(3)12-5-7-19-8-6-12/h9,12,15H,4-8,10H2,1-3H3. The van der Waals surface area contributed by atoms with Crippen molar-refractivity contribution in [3.63, 3.8) is 0 Å². The van der Waals surface area contributed by atoms with Gasteiger partial charge in [0.1, 0.15) is 4.21 Å². The first kappa shape index (κ1) is 16.9. The van der Waals surface area contributed by atoms with Crippen LogP contribution >= 0.6 is 11.3 Å². The maximum Gasteiger partial charge on any atom is 0.252 e. The Balaban J connectivity index is 2.18. The number of hydrogen-bond acceptors (Lipinski definition) is 5. The van der Waals surface area contributed by atoms with E-state index < -0.39 is 10.0 Å². The Morgan fingerprint density at radius 2 is 2.10 bits per heavy atom. The van der Waals surface area contributed by atoms with Crippen molar-refractivity contribution in [2.45, 2.75) is 43.5 Å². The highest BCUT2D eigenvalue weighted by molar-refractivity contribution is 7.91. The molecule has 0 aliphatic carbocycles. The fourth-order valence-electron chi connectivity index (χ4n) is 2.42. The number of aryl methyl sites for hydroxylation is 1. The molecule has 0 radical (unpaired) electrons. The predicted molar refractivity (Wildman–Crippen MR) is 85.2 cm³/mol. The van der Waals surface area contributed by atoms with E-state index in [0.29, 0.717) is 17.4 Å². The van der Waals surface area contributed by atoms with Crippen molar-refractivity contribution in [3.05, 3.63) is 16.5 Å². The molecule has 0 saturated carbocycles. The minimum Gasteiger partial charge on any atom is -0.381 e. The largest absolute Gasteiger partial charge is 0.381 e. The highest BCUT2D eigenvalue weighted by Gasteiger charge is 2.30. The van der Waals surface area contributed by atoms with Gasteiger partial charge in [0.25, 0.3) is 10.0 Å². The van der Waals surface area contributed by atoms with Crippen molar-refractivity contribution in [2.24, 2.45) is 0 Å². The lowest BCUT2D eigenvalue weighted by Crippen LogP contribution is -2.40. The average molecular weight is 332 g/mol. The van der Waals surface area contributed by atoms with Crippen LogP contribution in [0.5, 0.6) is 0 Å². The highest BCUT2D eigenvalue weighted by atomic mass is 32.2. The lowest BCUT2D eigenvalue weighted by Gasteiger charge is -2.29. The minimum absolute atomic E-state index is 0.0448. The molecule has 1 saturated heterocycles. The molecule has 5 nitrogen and oxygen atoms in total. The van der Waals surface area contributed by atoms with E-state index in [1.165, 1.54) is 15.6 Å². The van der Waals surface area contributed by atoms with Crippen molar-refractivity contribution < 1.29 is 13.2 Å². The molecule has 2 rings (SSSR count). The van der Waals surface area contributed by atoms with Gasteiger partial charge in [-0.05, 0) is 37.9 Å². The van der Waals surface area contributed by atoms with Gasteiger partial charge in [0, 0.05) is 37.7 Å². The first-order chi connectivity index (χ1) is 9.96. The van der Waals surface area contributed by atoms with Crippen molar-refractivity contribution in [3.8, 4) is 0 Å². The molecule has 21 heavy (non-hydrogen) atoms. The molecule has 1 fully saturated rings. The molecule has 0 unspecified atom stereocenters. The summed E-state index contributed by atoms with van der Waals surface area (Å²) in [4.78, 5) is 1.09. The topological polar surface area (TPSA) is 58.6 Å². The number of rotatable bonds is 6. The van der Waals surface area contributed by atoms with Gasteiger partial charge in [-0.25, -0.2) is 8.42 Å². The molecule has 1 aliphatic heterocycles. The van der Waals surface area contributed by atoms with Gasteiger partial charge in [0.05, 0.1) is 0 Å². The molecular weight excluding hydrogens is 308 g/mol. The summed E-state index contributed by atoms with van der Waals surface area (Å²) in [5.41, 5.74) is 1.04. The smallest absolute Gasteiger partial charge is 0.252 e. The van der Waals surface area contributed by atoms with E-state index in [-0.39, 0.29) is 6.04 Å². The van der Waals surface area contributed by atoms with E-state index in [0.717, 1.165) is 36.4 Å². The van der Waals surface area contributed by atoms with Crippen LogP contribution in [0.25, 0.3) is 0 Å². The van der Waals surface area contributed by atoms with Gasteiger partial charge in [-0.15, -0.1) is 11.3 Å². The molecule has 1 aromatic heterocycles. The van der Waals surface area contributed by atoms with Crippen LogP contribution in [0.4, 0.5) is 0 Å². The third-order valence-electron chi connectivity index (χ3n) is 3.87. The van der Waals surface area contributed by atoms with Gasteiger partial charge >= 0.3 is 0 Å². The van der Waals surface area contributed by atoms with Crippen molar-refractivity contribution in [1.82, 2.24) is 9.62 Å². The molecule has 1 aromatic rings. The number of nitrogens with zero attached hydrogens (tertiary/aromatic N) is 1. The van der Waals surface area contributed by atoms with Gasteiger partial charge in [-0.2, -0.15) is 4.31 Å². The Morgan fingerprint density at radius 1 is 1.43 bits per heavy atom. The number of sulfonamides is 1. The van der Waals surface area contributed by atoms with Crippen molar-refractivity contribution in [2.75, 3.05) is 26.8 Å². The summed E-state index contributed by atoms with van der Waals surface area (Å²) >= 11 is 1.38. The van der Waals surface area contributed by atoms with Gasteiger partial charge < -0.3 is 10.1 Å². The van der Waals surface area contributed by atoms with Crippen LogP contribution in [-0.4, -0.2) is 45.6 Å². The maximum absolute atomic E-state index is 12.7. The zero-order valence-corrected chi connectivity index (χ0v) is 14.5. The Hall–Kier alpha value is -0.470.